The van der Waals surface area contributed by atoms with Crippen molar-refractivity contribution in [1.82, 2.24) is 10.2 Å². The molecule has 1 atom stereocenters. The summed E-state index contributed by atoms with van der Waals surface area (Å²) < 4.78 is 19.0. The Balaban J connectivity index is 2.33. The molecule has 0 unspecified atom stereocenters. The summed E-state index contributed by atoms with van der Waals surface area (Å²) in [5.41, 5.74) is 5.97. The summed E-state index contributed by atoms with van der Waals surface area (Å²) in [7, 11) is 0. The van der Waals surface area contributed by atoms with Crippen molar-refractivity contribution in [3.8, 4) is 5.75 Å². The van der Waals surface area contributed by atoms with Crippen molar-refractivity contribution in [3.05, 3.63) is 45.8 Å². The molecule has 0 amide bonds. The van der Waals surface area contributed by atoms with Gasteiger partial charge in [-0.3, -0.25) is 0 Å². The van der Waals surface area contributed by atoms with Crippen molar-refractivity contribution in [3.63, 3.8) is 0 Å². The van der Waals surface area contributed by atoms with Gasteiger partial charge in [-0.15, -0.1) is 5.10 Å². The average molecular weight is 302 g/mol. The maximum absolute atomic E-state index is 13.4. The van der Waals surface area contributed by atoms with Crippen molar-refractivity contribution in [2.75, 3.05) is 5.73 Å². The first-order chi connectivity index (χ1) is 9.00. The molecule has 0 fully saturated rings. The minimum atomic E-state index is -0.581. The molecule has 2 rings (SSSR count). The Morgan fingerprint density at radius 3 is 2.74 bits per heavy atom. The Labute approximate surface area is 119 Å². The fourth-order valence-corrected chi connectivity index (χ4v) is 2.27. The van der Waals surface area contributed by atoms with E-state index in [0.29, 0.717) is 16.3 Å². The molecular weight excluding hydrogens is 292 g/mol. The monoisotopic (exact) mass is 301 g/mol. The Hall–Kier alpha value is -1.59. The molecule has 100 valence electrons. The predicted molar refractivity (Wildman–Crippen MR) is 71.9 cm³/mol. The van der Waals surface area contributed by atoms with Gasteiger partial charge >= 0.3 is 0 Å². The van der Waals surface area contributed by atoms with Crippen LogP contribution in [0.5, 0.6) is 5.75 Å². The second kappa shape index (κ2) is 5.59. The molecule has 4 nitrogen and oxygen atoms in total. The smallest absolute Gasteiger partial charge is 0.188 e. The van der Waals surface area contributed by atoms with E-state index in [-0.39, 0.29) is 10.8 Å². The second-order valence-electron chi connectivity index (χ2n) is 3.80. The summed E-state index contributed by atoms with van der Waals surface area (Å²) in [5.74, 6) is -0.0887. The number of rotatable bonds is 3. The maximum Gasteiger partial charge on any atom is 0.188 e. The molecule has 0 aliphatic rings. The van der Waals surface area contributed by atoms with Crippen LogP contribution in [0.25, 0.3) is 0 Å². The number of nitrogen functional groups attached to an aromatic ring is 1. The number of hydrogen-bond acceptors (Lipinski definition) is 4. The van der Waals surface area contributed by atoms with E-state index in [9.17, 15) is 4.39 Å². The Kier molecular flexibility index (Phi) is 4.07. The highest BCUT2D eigenvalue weighted by molar-refractivity contribution is 6.36. The lowest BCUT2D eigenvalue weighted by molar-refractivity contribution is 0.227. The first kappa shape index (κ1) is 13.8. The van der Waals surface area contributed by atoms with E-state index in [1.165, 1.54) is 18.3 Å². The summed E-state index contributed by atoms with van der Waals surface area (Å²) in [6, 6.07) is 4.18. The topological polar surface area (TPSA) is 61.0 Å². The molecule has 1 aromatic carbocycles. The molecule has 0 radical (unpaired) electrons. The summed E-state index contributed by atoms with van der Waals surface area (Å²) in [5, 5.41) is 7.51. The van der Waals surface area contributed by atoms with Crippen LogP contribution in [-0.2, 0) is 0 Å². The van der Waals surface area contributed by atoms with Crippen molar-refractivity contribution in [2.24, 2.45) is 0 Å². The Morgan fingerprint density at radius 2 is 2.05 bits per heavy atom. The third kappa shape index (κ3) is 2.88. The van der Waals surface area contributed by atoms with E-state index in [0.717, 1.165) is 0 Å². The first-order valence-corrected chi connectivity index (χ1v) is 6.13. The van der Waals surface area contributed by atoms with E-state index in [1.807, 2.05) is 0 Å². The molecule has 0 spiro atoms. The van der Waals surface area contributed by atoms with Crippen molar-refractivity contribution < 1.29 is 9.13 Å². The van der Waals surface area contributed by atoms with Gasteiger partial charge in [-0.05, 0) is 19.1 Å². The predicted octanol–water partition coefficient (Wildman–Crippen LogP) is 3.64. The number of ether oxygens (including phenoxy) is 1. The van der Waals surface area contributed by atoms with Crippen molar-refractivity contribution in [2.45, 2.75) is 13.0 Å². The fraction of sp³-hybridized carbons (Fsp3) is 0.167. The van der Waals surface area contributed by atoms with Crippen LogP contribution in [0.4, 0.5) is 10.2 Å². The number of nitrogens with zero attached hydrogens (tertiary/aromatic N) is 2. The minimum Gasteiger partial charge on any atom is -0.482 e. The van der Waals surface area contributed by atoms with E-state index in [4.69, 9.17) is 33.7 Å². The second-order valence-corrected chi connectivity index (χ2v) is 4.58. The molecule has 7 heteroatoms. The van der Waals surface area contributed by atoms with Crippen LogP contribution < -0.4 is 10.5 Å². The zero-order valence-electron chi connectivity index (χ0n) is 9.90. The molecule has 0 saturated carbocycles. The number of halogens is 3. The van der Waals surface area contributed by atoms with Gasteiger partial charge in [-0.2, -0.15) is 5.10 Å². The zero-order valence-corrected chi connectivity index (χ0v) is 11.4. The normalized spacial score (nSPS) is 12.2. The highest BCUT2D eigenvalue weighted by atomic mass is 35.5. The van der Waals surface area contributed by atoms with Gasteiger partial charge in [-0.1, -0.05) is 23.2 Å². The summed E-state index contributed by atoms with van der Waals surface area (Å²) in [6.07, 6.45) is 0.856. The van der Waals surface area contributed by atoms with Crippen LogP contribution in [-0.4, -0.2) is 10.2 Å². The number of nitrogens with two attached hydrogens (primary N) is 1. The lowest BCUT2D eigenvalue weighted by Gasteiger charge is -2.18. The van der Waals surface area contributed by atoms with Gasteiger partial charge in [0.1, 0.15) is 11.9 Å². The Bertz CT molecular complexity index is 610. The van der Waals surface area contributed by atoms with Crippen LogP contribution in [0.15, 0.2) is 24.4 Å². The number of anilines is 1. The van der Waals surface area contributed by atoms with Gasteiger partial charge in [0.2, 0.25) is 0 Å². The van der Waals surface area contributed by atoms with Gasteiger partial charge in [0.05, 0.1) is 11.2 Å². The van der Waals surface area contributed by atoms with Crippen LogP contribution in [0.3, 0.4) is 0 Å². The Morgan fingerprint density at radius 1 is 1.32 bits per heavy atom. The van der Waals surface area contributed by atoms with Gasteiger partial charge in [-0.25, -0.2) is 4.39 Å². The third-order valence-electron chi connectivity index (χ3n) is 2.50. The maximum atomic E-state index is 13.4. The highest BCUT2D eigenvalue weighted by Crippen LogP contribution is 2.35. The number of hydrogen-bond donors (Lipinski definition) is 1. The van der Waals surface area contributed by atoms with Crippen molar-refractivity contribution >= 4 is 29.0 Å². The quantitative estimate of drug-likeness (QED) is 0.879. The molecule has 0 aliphatic heterocycles. The fourth-order valence-electron chi connectivity index (χ4n) is 1.60. The molecule has 0 saturated heterocycles. The van der Waals surface area contributed by atoms with Crippen LogP contribution in [0, 0.1) is 5.82 Å². The SMILES string of the molecule is C[C@@H](Oc1ccnnc1N)c1c(Cl)ccc(F)c1Cl. The van der Waals surface area contributed by atoms with Crippen LogP contribution >= 0.6 is 23.2 Å². The van der Waals surface area contributed by atoms with E-state index < -0.39 is 11.9 Å². The van der Waals surface area contributed by atoms with Crippen molar-refractivity contribution in [1.29, 1.82) is 0 Å². The zero-order chi connectivity index (χ0) is 14.0. The van der Waals surface area contributed by atoms with E-state index in [2.05, 4.69) is 10.2 Å². The minimum absolute atomic E-state index is 0.0689. The van der Waals surface area contributed by atoms with Gasteiger partial charge < -0.3 is 10.5 Å². The summed E-state index contributed by atoms with van der Waals surface area (Å²) >= 11 is 11.9. The molecule has 0 bridgehead atoms. The van der Waals surface area contributed by atoms with Gasteiger partial charge in [0.25, 0.3) is 0 Å². The largest absolute Gasteiger partial charge is 0.482 e. The van der Waals surface area contributed by atoms with Gasteiger partial charge in [0, 0.05) is 16.7 Å². The summed E-state index contributed by atoms with van der Waals surface area (Å²) in [6.45, 7) is 1.69. The number of aromatic nitrogens is 2. The van der Waals surface area contributed by atoms with Crippen LogP contribution in [0.1, 0.15) is 18.6 Å². The molecular formula is C12H10Cl2FN3O. The van der Waals surface area contributed by atoms with Crippen LogP contribution in [0.2, 0.25) is 10.0 Å². The highest BCUT2D eigenvalue weighted by Gasteiger charge is 2.19. The molecule has 0 aliphatic carbocycles. The molecule has 19 heavy (non-hydrogen) atoms. The first-order valence-electron chi connectivity index (χ1n) is 5.38. The molecule has 1 aromatic heterocycles. The molecule has 2 N–H and O–H groups in total. The van der Waals surface area contributed by atoms with E-state index in [1.54, 1.807) is 13.0 Å². The summed E-state index contributed by atoms with van der Waals surface area (Å²) in [4.78, 5) is 0. The third-order valence-corrected chi connectivity index (χ3v) is 3.21. The standard InChI is InChI=1S/C12H10Cl2FN3O/c1-6(19-9-4-5-17-18-12(9)16)10-7(13)2-3-8(15)11(10)14/h2-6H,1H3,(H2,16,18)/t6-/m1/s1. The van der Waals surface area contributed by atoms with E-state index >= 15 is 0 Å². The molecule has 2 aromatic rings. The lowest BCUT2D eigenvalue weighted by Crippen LogP contribution is -2.08. The lowest BCUT2D eigenvalue weighted by atomic mass is 10.1. The van der Waals surface area contributed by atoms with Gasteiger partial charge in [0.15, 0.2) is 11.6 Å². The number of benzene rings is 1. The average Bonchev–Trinajstić information content (AvgIpc) is 2.37. The molecule has 1 heterocycles.